The third-order valence-electron chi connectivity index (χ3n) is 3.98. The van der Waals surface area contributed by atoms with Crippen molar-refractivity contribution in [2.24, 2.45) is 0 Å². The number of para-hydroxylation sites is 1. The molecule has 1 saturated heterocycles. The standard InChI is InChI=1S/C17H20F3N3O4/c1-2-27-16(26)23-9-7-22(8-10-23)15(25)11-14(24)21-13-6-4-3-5-12(13)17(18,19)20/h3-6H,2,7-11H2,1H3,(H,21,24). The maximum atomic E-state index is 12.9. The van der Waals surface area contributed by atoms with Gasteiger partial charge in [0.1, 0.15) is 6.42 Å². The average molecular weight is 387 g/mol. The highest BCUT2D eigenvalue weighted by Gasteiger charge is 2.34. The van der Waals surface area contributed by atoms with Crippen LogP contribution in [0.15, 0.2) is 24.3 Å². The molecule has 10 heteroatoms. The van der Waals surface area contributed by atoms with Gasteiger partial charge in [-0.25, -0.2) is 4.79 Å². The lowest BCUT2D eigenvalue weighted by Crippen LogP contribution is -2.51. The van der Waals surface area contributed by atoms with Crippen LogP contribution in [0.3, 0.4) is 0 Å². The molecule has 0 radical (unpaired) electrons. The van der Waals surface area contributed by atoms with E-state index in [0.717, 1.165) is 12.1 Å². The van der Waals surface area contributed by atoms with Crippen LogP contribution < -0.4 is 5.32 Å². The summed E-state index contributed by atoms with van der Waals surface area (Å²) in [6.45, 7) is 2.92. The number of rotatable bonds is 4. The van der Waals surface area contributed by atoms with Gasteiger partial charge in [0.25, 0.3) is 0 Å². The molecule has 148 valence electrons. The van der Waals surface area contributed by atoms with Gasteiger partial charge in [-0.15, -0.1) is 0 Å². The number of nitrogens with one attached hydrogen (secondary N) is 1. The Morgan fingerprint density at radius 3 is 2.26 bits per heavy atom. The molecule has 1 aromatic rings. The van der Waals surface area contributed by atoms with Crippen LogP contribution in [0.4, 0.5) is 23.7 Å². The van der Waals surface area contributed by atoms with Gasteiger partial charge in [-0.3, -0.25) is 9.59 Å². The molecule has 0 aliphatic carbocycles. The monoisotopic (exact) mass is 387 g/mol. The summed E-state index contributed by atoms with van der Waals surface area (Å²) in [6.07, 6.45) is -5.66. The highest BCUT2D eigenvalue weighted by atomic mass is 19.4. The van der Waals surface area contributed by atoms with Crippen molar-refractivity contribution in [3.8, 4) is 0 Å². The largest absolute Gasteiger partial charge is 0.450 e. The Hall–Kier alpha value is -2.78. The van der Waals surface area contributed by atoms with E-state index in [4.69, 9.17) is 4.74 Å². The minimum Gasteiger partial charge on any atom is -0.450 e. The minimum absolute atomic E-state index is 0.226. The summed E-state index contributed by atoms with van der Waals surface area (Å²) in [7, 11) is 0. The van der Waals surface area contributed by atoms with Gasteiger partial charge in [0.05, 0.1) is 17.9 Å². The van der Waals surface area contributed by atoms with Crippen LogP contribution in [-0.4, -0.2) is 60.5 Å². The number of benzene rings is 1. The van der Waals surface area contributed by atoms with Gasteiger partial charge in [-0.2, -0.15) is 13.2 Å². The van der Waals surface area contributed by atoms with Crippen molar-refractivity contribution < 1.29 is 32.3 Å². The summed E-state index contributed by atoms with van der Waals surface area (Å²) in [5, 5.41) is 2.14. The Kier molecular flexibility index (Phi) is 6.65. The highest BCUT2D eigenvalue weighted by Crippen LogP contribution is 2.34. The molecule has 2 rings (SSSR count). The number of anilines is 1. The van der Waals surface area contributed by atoms with E-state index < -0.39 is 41.8 Å². The topological polar surface area (TPSA) is 79.0 Å². The molecule has 1 heterocycles. The molecule has 0 saturated carbocycles. The first-order valence-corrected chi connectivity index (χ1v) is 8.38. The van der Waals surface area contributed by atoms with Crippen LogP contribution in [0.1, 0.15) is 18.9 Å². The Morgan fingerprint density at radius 1 is 1.07 bits per heavy atom. The maximum absolute atomic E-state index is 12.9. The second kappa shape index (κ2) is 8.74. The Bertz CT molecular complexity index is 701. The molecule has 0 aromatic heterocycles. The van der Waals surface area contributed by atoms with Crippen molar-refractivity contribution in [2.75, 3.05) is 38.1 Å². The van der Waals surface area contributed by atoms with Gasteiger partial charge < -0.3 is 19.9 Å². The lowest BCUT2D eigenvalue weighted by molar-refractivity contribution is -0.137. The van der Waals surface area contributed by atoms with E-state index in [2.05, 4.69) is 5.32 Å². The summed E-state index contributed by atoms with van der Waals surface area (Å²) in [5.74, 6) is -1.34. The Morgan fingerprint density at radius 2 is 1.67 bits per heavy atom. The smallest absolute Gasteiger partial charge is 0.418 e. The second-order valence-corrected chi connectivity index (χ2v) is 5.84. The molecule has 1 aliphatic rings. The van der Waals surface area contributed by atoms with Crippen LogP contribution in [0.25, 0.3) is 0 Å². The summed E-state index contributed by atoms with van der Waals surface area (Å²) in [4.78, 5) is 38.6. The van der Waals surface area contributed by atoms with Crippen LogP contribution in [-0.2, 0) is 20.5 Å². The lowest BCUT2D eigenvalue weighted by Gasteiger charge is -2.34. The van der Waals surface area contributed by atoms with Crippen molar-refractivity contribution in [3.05, 3.63) is 29.8 Å². The van der Waals surface area contributed by atoms with Gasteiger partial charge in [0, 0.05) is 26.2 Å². The molecule has 3 amide bonds. The first-order chi connectivity index (χ1) is 12.7. The molecule has 0 bridgehead atoms. The van der Waals surface area contributed by atoms with Gasteiger partial charge in [-0.05, 0) is 19.1 Å². The van der Waals surface area contributed by atoms with Crippen LogP contribution >= 0.6 is 0 Å². The molecule has 1 aliphatic heterocycles. The molecule has 0 spiro atoms. The maximum Gasteiger partial charge on any atom is 0.418 e. The van der Waals surface area contributed by atoms with Crippen molar-refractivity contribution in [1.82, 2.24) is 9.80 Å². The number of amides is 3. The normalized spacial score (nSPS) is 14.7. The summed E-state index contributed by atoms with van der Waals surface area (Å²) in [6, 6.07) is 4.56. The number of halogens is 3. The van der Waals surface area contributed by atoms with Crippen molar-refractivity contribution in [1.29, 1.82) is 0 Å². The highest BCUT2D eigenvalue weighted by molar-refractivity contribution is 6.04. The fraction of sp³-hybridized carbons (Fsp3) is 0.471. The van der Waals surface area contributed by atoms with Gasteiger partial charge >= 0.3 is 12.3 Å². The number of piperazine rings is 1. The quantitative estimate of drug-likeness (QED) is 0.805. The number of hydrogen-bond donors (Lipinski definition) is 1. The van der Waals surface area contributed by atoms with Crippen molar-refractivity contribution >= 4 is 23.6 Å². The first kappa shape index (κ1) is 20.5. The Labute approximate surface area is 154 Å². The molecule has 7 nitrogen and oxygen atoms in total. The molecular weight excluding hydrogens is 367 g/mol. The van der Waals surface area contributed by atoms with Gasteiger partial charge in [-0.1, -0.05) is 12.1 Å². The molecule has 0 atom stereocenters. The van der Waals surface area contributed by atoms with Crippen LogP contribution in [0.5, 0.6) is 0 Å². The molecule has 27 heavy (non-hydrogen) atoms. The number of nitrogens with zero attached hydrogens (tertiary/aromatic N) is 2. The molecule has 1 N–H and O–H groups in total. The number of carbonyl (C=O) groups is 3. The van der Waals surface area contributed by atoms with E-state index in [1.165, 1.54) is 21.9 Å². The predicted octanol–water partition coefficient (Wildman–Crippen LogP) is 2.33. The van der Waals surface area contributed by atoms with Gasteiger partial charge in [0.2, 0.25) is 11.8 Å². The molecule has 1 aromatic carbocycles. The van der Waals surface area contributed by atoms with E-state index in [-0.39, 0.29) is 32.8 Å². The van der Waals surface area contributed by atoms with Crippen molar-refractivity contribution in [3.63, 3.8) is 0 Å². The minimum atomic E-state index is -4.61. The van der Waals surface area contributed by atoms with Crippen LogP contribution in [0, 0.1) is 0 Å². The van der Waals surface area contributed by atoms with E-state index in [9.17, 15) is 27.6 Å². The number of ether oxygens (including phenoxy) is 1. The SMILES string of the molecule is CCOC(=O)N1CCN(C(=O)CC(=O)Nc2ccccc2C(F)(F)F)CC1. The van der Waals surface area contributed by atoms with E-state index >= 15 is 0 Å². The fourth-order valence-electron chi connectivity index (χ4n) is 2.64. The molecule has 1 fully saturated rings. The average Bonchev–Trinajstić information content (AvgIpc) is 2.61. The summed E-state index contributed by atoms with van der Waals surface area (Å²) in [5.41, 5.74) is -1.37. The zero-order chi connectivity index (χ0) is 20.0. The zero-order valence-electron chi connectivity index (χ0n) is 14.7. The first-order valence-electron chi connectivity index (χ1n) is 8.38. The van der Waals surface area contributed by atoms with Crippen LogP contribution in [0.2, 0.25) is 0 Å². The van der Waals surface area contributed by atoms with Gasteiger partial charge in [0.15, 0.2) is 0 Å². The third-order valence-corrected chi connectivity index (χ3v) is 3.98. The fourth-order valence-corrected chi connectivity index (χ4v) is 2.64. The molecule has 0 unspecified atom stereocenters. The lowest BCUT2D eigenvalue weighted by atomic mass is 10.1. The van der Waals surface area contributed by atoms with Crippen molar-refractivity contribution in [2.45, 2.75) is 19.5 Å². The van der Waals surface area contributed by atoms with E-state index in [1.54, 1.807) is 6.92 Å². The number of hydrogen-bond acceptors (Lipinski definition) is 4. The molecular formula is C17H20F3N3O4. The summed E-state index contributed by atoms with van der Waals surface area (Å²) >= 11 is 0. The van der Waals surface area contributed by atoms with E-state index in [0.29, 0.717) is 0 Å². The summed E-state index contributed by atoms with van der Waals surface area (Å²) < 4.78 is 43.7. The zero-order valence-corrected chi connectivity index (χ0v) is 14.7. The number of carbonyl (C=O) groups excluding carboxylic acids is 3. The Balaban J connectivity index is 1.89. The number of alkyl halides is 3. The third kappa shape index (κ3) is 5.60. The second-order valence-electron chi connectivity index (χ2n) is 5.84. The van der Waals surface area contributed by atoms with E-state index in [1.807, 2.05) is 0 Å². The predicted molar refractivity (Wildman–Crippen MR) is 89.9 cm³/mol.